The van der Waals surface area contributed by atoms with Crippen molar-refractivity contribution in [1.82, 2.24) is 10.2 Å². The average molecular weight is 314 g/mol. The highest BCUT2D eigenvalue weighted by atomic mass is 16.2. The van der Waals surface area contributed by atoms with Gasteiger partial charge in [0.25, 0.3) is 5.91 Å². The number of rotatable bonds is 4. The van der Waals surface area contributed by atoms with Gasteiger partial charge in [-0.2, -0.15) is 0 Å². The Labute approximate surface area is 138 Å². The number of nitrogens with zero attached hydrogens (tertiary/aromatic N) is 1. The van der Waals surface area contributed by atoms with Gasteiger partial charge in [-0.3, -0.25) is 9.59 Å². The van der Waals surface area contributed by atoms with E-state index in [0.29, 0.717) is 18.4 Å². The molecule has 2 fully saturated rings. The summed E-state index contributed by atoms with van der Waals surface area (Å²) in [6.07, 6.45) is 6.49. The fourth-order valence-electron chi connectivity index (χ4n) is 4.03. The number of nitrogens with one attached hydrogen (secondary N) is 1. The van der Waals surface area contributed by atoms with Crippen LogP contribution < -0.4 is 5.32 Å². The minimum absolute atomic E-state index is 0.0817. The number of benzene rings is 1. The predicted octanol–water partition coefficient (Wildman–Crippen LogP) is 2.63. The van der Waals surface area contributed by atoms with E-state index >= 15 is 0 Å². The normalized spacial score (nSPS) is 23.4. The van der Waals surface area contributed by atoms with E-state index in [1.165, 1.54) is 25.7 Å². The van der Waals surface area contributed by atoms with Crippen molar-refractivity contribution >= 4 is 11.8 Å². The summed E-state index contributed by atoms with van der Waals surface area (Å²) in [7, 11) is 1.63. The molecule has 0 bridgehead atoms. The summed E-state index contributed by atoms with van der Waals surface area (Å²) in [4.78, 5) is 26.2. The van der Waals surface area contributed by atoms with Crippen molar-refractivity contribution in [3.8, 4) is 0 Å². The van der Waals surface area contributed by atoms with Crippen LogP contribution in [0.15, 0.2) is 24.3 Å². The van der Waals surface area contributed by atoms with Crippen molar-refractivity contribution < 1.29 is 9.59 Å². The highest BCUT2D eigenvalue weighted by Crippen LogP contribution is 2.36. The first-order valence-electron chi connectivity index (χ1n) is 8.76. The van der Waals surface area contributed by atoms with Crippen molar-refractivity contribution in [2.24, 2.45) is 11.8 Å². The number of aryl methyl sites for hydroxylation is 1. The Balaban J connectivity index is 1.54. The van der Waals surface area contributed by atoms with Crippen LogP contribution in [0.25, 0.3) is 0 Å². The van der Waals surface area contributed by atoms with E-state index in [-0.39, 0.29) is 11.8 Å². The second kappa shape index (κ2) is 7.16. The lowest BCUT2D eigenvalue weighted by Gasteiger charge is -2.22. The third kappa shape index (κ3) is 3.74. The largest absolute Gasteiger partial charge is 0.355 e. The average Bonchev–Trinajstić information content (AvgIpc) is 3.03. The monoisotopic (exact) mass is 314 g/mol. The number of likely N-dealkylation sites (tertiary alicyclic amines) is 1. The zero-order valence-corrected chi connectivity index (χ0v) is 13.9. The Kier molecular flexibility index (Phi) is 4.99. The molecule has 4 heteroatoms. The molecule has 0 unspecified atom stereocenters. The molecule has 1 heterocycles. The quantitative estimate of drug-likeness (QED) is 0.929. The van der Waals surface area contributed by atoms with Crippen LogP contribution in [0.4, 0.5) is 0 Å². The Bertz CT molecular complexity index is 570. The lowest BCUT2D eigenvalue weighted by atomic mass is 9.82. The maximum absolute atomic E-state index is 12.5. The van der Waals surface area contributed by atoms with Crippen molar-refractivity contribution in [3.05, 3.63) is 35.4 Å². The van der Waals surface area contributed by atoms with E-state index in [4.69, 9.17) is 0 Å². The van der Waals surface area contributed by atoms with Gasteiger partial charge in [-0.15, -0.1) is 0 Å². The molecule has 0 spiro atoms. The maximum Gasteiger partial charge on any atom is 0.251 e. The third-order valence-corrected chi connectivity index (χ3v) is 5.37. The van der Waals surface area contributed by atoms with E-state index in [0.717, 1.165) is 30.5 Å². The van der Waals surface area contributed by atoms with Gasteiger partial charge in [0, 0.05) is 32.1 Å². The molecule has 2 amide bonds. The molecule has 3 rings (SSSR count). The molecular formula is C19H26N2O2. The summed E-state index contributed by atoms with van der Waals surface area (Å²) >= 11 is 0. The summed E-state index contributed by atoms with van der Waals surface area (Å²) in [5.74, 6) is 1.67. The highest BCUT2D eigenvalue weighted by molar-refractivity contribution is 5.94. The molecule has 23 heavy (non-hydrogen) atoms. The summed E-state index contributed by atoms with van der Waals surface area (Å²) in [6, 6.07) is 7.56. The van der Waals surface area contributed by atoms with Crippen molar-refractivity contribution in [1.29, 1.82) is 0 Å². The van der Waals surface area contributed by atoms with E-state index in [2.05, 4.69) is 10.2 Å². The van der Waals surface area contributed by atoms with Gasteiger partial charge >= 0.3 is 0 Å². The molecular weight excluding hydrogens is 288 g/mol. The lowest BCUT2D eigenvalue weighted by molar-refractivity contribution is -0.130. The molecule has 1 saturated heterocycles. The zero-order chi connectivity index (χ0) is 16.2. The Morgan fingerprint density at radius 1 is 1.17 bits per heavy atom. The fourth-order valence-corrected chi connectivity index (χ4v) is 4.03. The van der Waals surface area contributed by atoms with Gasteiger partial charge in [0.05, 0.1) is 0 Å². The molecule has 1 aliphatic carbocycles. The van der Waals surface area contributed by atoms with E-state index in [1.54, 1.807) is 13.1 Å². The minimum Gasteiger partial charge on any atom is -0.355 e. The first kappa shape index (κ1) is 16.0. The molecule has 1 saturated carbocycles. The van der Waals surface area contributed by atoms with Crippen LogP contribution in [0.2, 0.25) is 0 Å². The van der Waals surface area contributed by atoms with Crippen LogP contribution in [0.5, 0.6) is 0 Å². The SMILES string of the molecule is CNC(=O)c1cccc(CCC(=O)N2C[C@H]3CCCC[C@H]3C2)c1. The number of carbonyl (C=O) groups excluding carboxylic acids is 2. The van der Waals surface area contributed by atoms with Gasteiger partial charge in [-0.05, 0) is 48.8 Å². The molecule has 124 valence electrons. The van der Waals surface area contributed by atoms with Crippen molar-refractivity contribution in [2.45, 2.75) is 38.5 Å². The molecule has 2 aliphatic rings. The Hall–Kier alpha value is -1.84. The second-order valence-electron chi connectivity index (χ2n) is 6.88. The zero-order valence-electron chi connectivity index (χ0n) is 13.9. The predicted molar refractivity (Wildman–Crippen MR) is 90.2 cm³/mol. The Morgan fingerprint density at radius 3 is 2.52 bits per heavy atom. The number of carbonyl (C=O) groups is 2. The molecule has 4 nitrogen and oxygen atoms in total. The van der Waals surface area contributed by atoms with E-state index < -0.39 is 0 Å². The molecule has 2 atom stereocenters. The van der Waals surface area contributed by atoms with Crippen LogP contribution in [-0.2, 0) is 11.2 Å². The minimum atomic E-state index is -0.0817. The van der Waals surface area contributed by atoms with Crippen LogP contribution >= 0.6 is 0 Å². The van der Waals surface area contributed by atoms with Crippen molar-refractivity contribution in [3.63, 3.8) is 0 Å². The van der Waals surface area contributed by atoms with Gasteiger partial charge < -0.3 is 10.2 Å². The van der Waals surface area contributed by atoms with Crippen LogP contribution in [0.1, 0.15) is 48.0 Å². The van der Waals surface area contributed by atoms with E-state index in [9.17, 15) is 9.59 Å². The molecule has 0 aromatic heterocycles. The van der Waals surface area contributed by atoms with Crippen LogP contribution in [0.3, 0.4) is 0 Å². The van der Waals surface area contributed by atoms with Crippen LogP contribution in [-0.4, -0.2) is 36.9 Å². The highest BCUT2D eigenvalue weighted by Gasteiger charge is 2.35. The van der Waals surface area contributed by atoms with Gasteiger partial charge in [0.15, 0.2) is 0 Å². The number of amides is 2. The second-order valence-corrected chi connectivity index (χ2v) is 6.88. The van der Waals surface area contributed by atoms with Crippen LogP contribution in [0, 0.1) is 11.8 Å². The van der Waals surface area contributed by atoms with Crippen molar-refractivity contribution in [2.75, 3.05) is 20.1 Å². The topological polar surface area (TPSA) is 49.4 Å². The smallest absolute Gasteiger partial charge is 0.251 e. The number of fused-ring (bicyclic) bond motifs is 1. The van der Waals surface area contributed by atoms with E-state index in [1.807, 2.05) is 18.2 Å². The molecule has 1 N–H and O–H groups in total. The Morgan fingerprint density at radius 2 is 1.87 bits per heavy atom. The standard InChI is InChI=1S/C19H26N2O2/c1-20-19(23)15-8-4-5-14(11-15)9-10-18(22)21-12-16-6-2-3-7-17(16)13-21/h4-5,8,11,16-17H,2-3,6-7,9-10,12-13H2,1H3,(H,20,23)/t16-,17+. The van der Waals surface area contributed by atoms with Gasteiger partial charge in [0.1, 0.15) is 0 Å². The number of hydrogen-bond donors (Lipinski definition) is 1. The van der Waals surface area contributed by atoms with Gasteiger partial charge in [-0.1, -0.05) is 25.0 Å². The summed E-state index contributed by atoms with van der Waals surface area (Å²) in [6.45, 7) is 1.92. The molecule has 1 aliphatic heterocycles. The third-order valence-electron chi connectivity index (χ3n) is 5.37. The summed E-state index contributed by atoms with van der Waals surface area (Å²) < 4.78 is 0. The summed E-state index contributed by atoms with van der Waals surface area (Å²) in [5, 5.41) is 2.63. The molecule has 1 aromatic rings. The lowest BCUT2D eigenvalue weighted by Crippen LogP contribution is -2.29. The van der Waals surface area contributed by atoms with Gasteiger partial charge in [-0.25, -0.2) is 0 Å². The maximum atomic E-state index is 12.5. The molecule has 0 radical (unpaired) electrons. The molecule has 1 aromatic carbocycles. The first-order chi connectivity index (χ1) is 11.2. The fraction of sp³-hybridized carbons (Fsp3) is 0.579. The summed E-state index contributed by atoms with van der Waals surface area (Å²) in [5.41, 5.74) is 1.71. The first-order valence-corrected chi connectivity index (χ1v) is 8.76. The van der Waals surface area contributed by atoms with Gasteiger partial charge in [0.2, 0.25) is 5.91 Å². The number of hydrogen-bond acceptors (Lipinski definition) is 2.